The first-order chi connectivity index (χ1) is 7.99. The zero-order valence-electron chi connectivity index (χ0n) is 10.2. The minimum absolute atomic E-state index is 0.613. The molecule has 2 unspecified atom stereocenters. The van der Waals surface area contributed by atoms with Gasteiger partial charge in [0.1, 0.15) is 0 Å². The summed E-state index contributed by atoms with van der Waals surface area (Å²) in [6.45, 7) is 6.59. The van der Waals surface area contributed by atoms with Gasteiger partial charge in [0.2, 0.25) is 0 Å². The van der Waals surface area contributed by atoms with E-state index in [1.807, 2.05) is 0 Å². The van der Waals surface area contributed by atoms with Gasteiger partial charge in [-0.1, -0.05) is 37.0 Å². The van der Waals surface area contributed by atoms with Crippen LogP contribution in [0, 0.1) is 11.8 Å². The highest BCUT2D eigenvalue weighted by molar-refractivity contribution is 6.39. The summed E-state index contributed by atoms with van der Waals surface area (Å²) in [6, 6.07) is 3.54. The van der Waals surface area contributed by atoms with E-state index >= 15 is 0 Å². The van der Waals surface area contributed by atoms with E-state index < -0.39 is 0 Å². The summed E-state index contributed by atoms with van der Waals surface area (Å²) < 4.78 is 0. The van der Waals surface area contributed by atoms with Crippen LogP contribution < -0.4 is 10.6 Å². The van der Waals surface area contributed by atoms with Crippen molar-refractivity contribution in [1.82, 2.24) is 0 Å². The molecule has 0 spiro atoms. The van der Waals surface area contributed by atoms with E-state index in [0.29, 0.717) is 21.7 Å². The maximum Gasteiger partial charge on any atom is 0.0746 e. The average Bonchev–Trinajstić information content (AvgIpc) is 2.21. The SMILES string of the molecule is CC1CCN(c2c(Cl)cc(N)cc2Cl)CC1C. The molecule has 1 heterocycles. The Labute approximate surface area is 113 Å². The minimum atomic E-state index is 0.613. The Balaban J connectivity index is 2.29. The number of benzene rings is 1. The molecular formula is C13H18Cl2N2. The van der Waals surface area contributed by atoms with E-state index in [0.717, 1.165) is 24.7 Å². The van der Waals surface area contributed by atoms with Crippen LogP contribution >= 0.6 is 23.2 Å². The first-order valence-corrected chi connectivity index (χ1v) is 6.74. The minimum Gasteiger partial charge on any atom is -0.399 e. The molecule has 0 bridgehead atoms. The summed E-state index contributed by atoms with van der Waals surface area (Å²) in [4.78, 5) is 2.27. The van der Waals surface area contributed by atoms with Crippen molar-refractivity contribution in [1.29, 1.82) is 0 Å². The number of anilines is 2. The fraction of sp³-hybridized carbons (Fsp3) is 0.538. The molecule has 0 amide bonds. The highest BCUT2D eigenvalue weighted by atomic mass is 35.5. The van der Waals surface area contributed by atoms with Gasteiger partial charge >= 0.3 is 0 Å². The van der Waals surface area contributed by atoms with Crippen LogP contribution in [0.15, 0.2) is 12.1 Å². The number of nitrogens with zero attached hydrogens (tertiary/aromatic N) is 1. The van der Waals surface area contributed by atoms with E-state index in [9.17, 15) is 0 Å². The van der Waals surface area contributed by atoms with E-state index in [1.54, 1.807) is 12.1 Å². The Hall–Kier alpha value is -0.600. The Morgan fingerprint density at radius 1 is 1.18 bits per heavy atom. The molecule has 1 aliphatic heterocycles. The topological polar surface area (TPSA) is 29.3 Å². The van der Waals surface area contributed by atoms with Crippen LogP contribution in [0.25, 0.3) is 0 Å². The van der Waals surface area contributed by atoms with E-state index in [1.165, 1.54) is 6.42 Å². The standard InChI is InChI=1S/C13H18Cl2N2/c1-8-3-4-17(7-9(8)2)13-11(14)5-10(16)6-12(13)15/h5-6,8-9H,3-4,7,16H2,1-2H3. The van der Waals surface area contributed by atoms with Crippen molar-refractivity contribution in [2.75, 3.05) is 23.7 Å². The molecule has 2 N–H and O–H groups in total. The summed E-state index contributed by atoms with van der Waals surface area (Å²) in [7, 11) is 0. The molecule has 2 atom stereocenters. The predicted octanol–water partition coefficient (Wildman–Crippen LogP) is 4.06. The first kappa shape index (κ1) is 12.8. The third kappa shape index (κ3) is 2.63. The van der Waals surface area contributed by atoms with Gasteiger partial charge in [0.05, 0.1) is 15.7 Å². The van der Waals surface area contributed by atoms with Gasteiger partial charge < -0.3 is 10.6 Å². The van der Waals surface area contributed by atoms with Crippen LogP contribution in [0.4, 0.5) is 11.4 Å². The number of nitrogen functional groups attached to an aromatic ring is 1. The lowest BCUT2D eigenvalue weighted by atomic mass is 9.88. The fourth-order valence-electron chi connectivity index (χ4n) is 2.35. The molecule has 1 saturated heterocycles. The van der Waals surface area contributed by atoms with E-state index in [-0.39, 0.29) is 0 Å². The molecule has 1 aromatic carbocycles. The lowest BCUT2D eigenvalue weighted by molar-refractivity contribution is 0.324. The highest BCUT2D eigenvalue weighted by Gasteiger charge is 2.25. The first-order valence-electron chi connectivity index (χ1n) is 5.98. The Morgan fingerprint density at radius 2 is 1.76 bits per heavy atom. The zero-order chi connectivity index (χ0) is 12.6. The van der Waals surface area contributed by atoms with Crippen molar-refractivity contribution >= 4 is 34.6 Å². The summed E-state index contributed by atoms with van der Waals surface area (Å²) in [5.41, 5.74) is 7.26. The Morgan fingerprint density at radius 3 is 2.29 bits per heavy atom. The number of rotatable bonds is 1. The highest BCUT2D eigenvalue weighted by Crippen LogP contribution is 2.38. The third-order valence-electron chi connectivity index (χ3n) is 3.69. The van der Waals surface area contributed by atoms with Gasteiger partial charge in [0, 0.05) is 18.8 Å². The number of nitrogens with two attached hydrogens (primary N) is 1. The van der Waals surface area contributed by atoms with Gasteiger partial charge in [-0.05, 0) is 30.4 Å². The Bertz CT molecular complexity index is 397. The second-order valence-electron chi connectivity index (χ2n) is 5.02. The van der Waals surface area contributed by atoms with Crippen LogP contribution in [0.2, 0.25) is 10.0 Å². The lowest BCUT2D eigenvalue weighted by Gasteiger charge is -2.37. The maximum atomic E-state index is 6.25. The van der Waals surface area contributed by atoms with Gasteiger partial charge in [-0.25, -0.2) is 0 Å². The second-order valence-corrected chi connectivity index (χ2v) is 5.84. The van der Waals surface area contributed by atoms with Crippen molar-refractivity contribution in [2.45, 2.75) is 20.3 Å². The van der Waals surface area contributed by atoms with Crippen molar-refractivity contribution in [3.8, 4) is 0 Å². The summed E-state index contributed by atoms with van der Waals surface area (Å²) in [5, 5.41) is 1.30. The molecular weight excluding hydrogens is 255 g/mol. The van der Waals surface area contributed by atoms with Crippen molar-refractivity contribution < 1.29 is 0 Å². The van der Waals surface area contributed by atoms with Crippen molar-refractivity contribution in [3.63, 3.8) is 0 Å². The molecule has 4 heteroatoms. The van der Waals surface area contributed by atoms with Gasteiger partial charge in [-0.2, -0.15) is 0 Å². The molecule has 0 saturated carbocycles. The molecule has 0 radical (unpaired) electrons. The molecule has 1 aromatic rings. The number of hydrogen-bond acceptors (Lipinski definition) is 2. The molecule has 0 aliphatic carbocycles. The third-order valence-corrected chi connectivity index (χ3v) is 4.27. The van der Waals surface area contributed by atoms with Crippen molar-refractivity contribution in [2.24, 2.45) is 11.8 Å². The number of halogens is 2. The molecule has 1 fully saturated rings. The second kappa shape index (κ2) is 4.95. The van der Waals surface area contributed by atoms with Crippen LogP contribution in [-0.4, -0.2) is 13.1 Å². The summed E-state index contributed by atoms with van der Waals surface area (Å²) in [5.74, 6) is 1.42. The predicted molar refractivity (Wildman–Crippen MR) is 76.0 cm³/mol. The molecule has 2 rings (SSSR count). The summed E-state index contributed by atoms with van der Waals surface area (Å²) >= 11 is 12.5. The van der Waals surface area contributed by atoms with Gasteiger partial charge in [0.15, 0.2) is 0 Å². The van der Waals surface area contributed by atoms with E-state index in [2.05, 4.69) is 18.7 Å². The average molecular weight is 273 g/mol. The number of hydrogen-bond donors (Lipinski definition) is 1. The quantitative estimate of drug-likeness (QED) is 0.782. The van der Waals surface area contributed by atoms with Gasteiger partial charge in [-0.15, -0.1) is 0 Å². The zero-order valence-corrected chi connectivity index (χ0v) is 11.7. The Kier molecular flexibility index (Phi) is 3.74. The monoisotopic (exact) mass is 272 g/mol. The van der Waals surface area contributed by atoms with E-state index in [4.69, 9.17) is 28.9 Å². The molecule has 17 heavy (non-hydrogen) atoms. The molecule has 0 aromatic heterocycles. The number of piperidine rings is 1. The largest absolute Gasteiger partial charge is 0.399 e. The van der Waals surface area contributed by atoms with Crippen LogP contribution in [0.1, 0.15) is 20.3 Å². The lowest BCUT2D eigenvalue weighted by Crippen LogP contribution is -2.38. The van der Waals surface area contributed by atoms with Crippen LogP contribution in [0.5, 0.6) is 0 Å². The van der Waals surface area contributed by atoms with Gasteiger partial charge in [0.25, 0.3) is 0 Å². The normalized spacial score (nSPS) is 25.1. The maximum absolute atomic E-state index is 6.25. The molecule has 94 valence electrons. The van der Waals surface area contributed by atoms with Gasteiger partial charge in [-0.3, -0.25) is 0 Å². The van der Waals surface area contributed by atoms with Crippen molar-refractivity contribution in [3.05, 3.63) is 22.2 Å². The molecule has 2 nitrogen and oxygen atoms in total. The van der Waals surface area contributed by atoms with Crippen LogP contribution in [0.3, 0.4) is 0 Å². The van der Waals surface area contributed by atoms with Crippen LogP contribution in [-0.2, 0) is 0 Å². The smallest absolute Gasteiger partial charge is 0.0746 e. The summed E-state index contributed by atoms with van der Waals surface area (Å²) in [6.07, 6.45) is 1.18. The molecule has 1 aliphatic rings. The fourth-order valence-corrected chi connectivity index (χ4v) is 3.10.